The van der Waals surface area contributed by atoms with Crippen LogP contribution in [0.2, 0.25) is 5.02 Å². The maximum absolute atomic E-state index is 6.14. The Morgan fingerprint density at radius 3 is 2.86 bits per heavy atom. The first-order valence-corrected chi connectivity index (χ1v) is 5.25. The summed E-state index contributed by atoms with van der Waals surface area (Å²) in [5.41, 5.74) is 8.39. The minimum Gasteiger partial charge on any atom is -0.369 e. The molecule has 14 heavy (non-hydrogen) atoms. The molecule has 1 aliphatic heterocycles. The van der Waals surface area contributed by atoms with E-state index in [0.29, 0.717) is 6.04 Å². The van der Waals surface area contributed by atoms with Gasteiger partial charge in [0.25, 0.3) is 0 Å². The molecule has 1 aromatic carbocycles. The van der Waals surface area contributed by atoms with E-state index in [1.165, 1.54) is 11.3 Å². The summed E-state index contributed by atoms with van der Waals surface area (Å²) in [4.78, 5) is 2.23. The third-order valence-electron chi connectivity index (χ3n) is 2.99. The number of rotatable bonds is 1. The Kier molecular flexibility index (Phi) is 2.41. The summed E-state index contributed by atoms with van der Waals surface area (Å²) in [6.07, 6.45) is 0.961. The fourth-order valence-electron chi connectivity index (χ4n) is 2.14. The number of likely N-dealkylation sites (N-methyl/N-ethyl adjacent to an activating group) is 1. The van der Waals surface area contributed by atoms with Crippen LogP contribution in [-0.2, 0) is 6.42 Å². The summed E-state index contributed by atoms with van der Waals surface area (Å²) in [5.74, 6) is 0. The molecule has 2 rings (SSSR count). The number of hydrogen-bond acceptors (Lipinski definition) is 2. The number of halogens is 1. The minimum atomic E-state index is 0.170. The number of anilines is 1. The molecular formula is C11H15ClN2. The molecule has 2 unspecified atom stereocenters. The van der Waals surface area contributed by atoms with Crippen molar-refractivity contribution in [1.82, 2.24) is 0 Å². The van der Waals surface area contributed by atoms with E-state index in [1.54, 1.807) is 0 Å². The molecule has 2 atom stereocenters. The molecular weight excluding hydrogens is 196 g/mol. The van der Waals surface area contributed by atoms with E-state index in [4.69, 9.17) is 17.3 Å². The largest absolute Gasteiger partial charge is 0.369 e. The van der Waals surface area contributed by atoms with Gasteiger partial charge in [0, 0.05) is 29.8 Å². The summed E-state index contributed by atoms with van der Waals surface area (Å²) in [7, 11) is 2.08. The van der Waals surface area contributed by atoms with E-state index in [9.17, 15) is 0 Å². The van der Waals surface area contributed by atoms with E-state index in [-0.39, 0.29) is 6.04 Å². The normalized spacial score (nSPS) is 22.3. The molecule has 0 aliphatic carbocycles. The zero-order valence-corrected chi connectivity index (χ0v) is 9.25. The second-order valence-electron chi connectivity index (χ2n) is 3.98. The van der Waals surface area contributed by atoms with E-state index in [0.717, 1.165) is 11.4 Å². The number of fused-ring (bicyclic) bond motifs is 1. The summed E-state index contributed by atoms with van der Waals surface area (Å²) < 4.78 is 0. The zero-order valence-electron chi connectivity index (χ0n) is 8.50. The standard InChI is InChI=1S/C11H15ClN2/c1-7(13)11-6-8-9(12)4-3-5-10(8)14(11)2/h3-5,7,11H,6,13H2,1-2H3. The second kappa shape index (κ2) is 3.44. The third-order valence-corrected chi connectivity index (χ3v) is 3.35. The van der Waals surface area contributed by atoms with Gasteiger partial charge >= 0.3 is 0 Å². The first-order chi connectivity index (χ1) is 6.61. The van der Waals surface area contributed by atoms with Crippen LogP contribution in [0.25, 0.3) is 0 Å². The van der Waals surface area contributed by atoms with Gasteiger partial charge in [-0.1, -0.05) is 17.7 Å². The van der Waals surface area contributed by atoms with Crippen molar-refractivity contribution in [2.24, 2.45) is 5.73 Å². The first-order valence-electron chi connectivity index (χ1n) is 4.87. The highest BCUT2D eigenvalue weighted by Gasteiger charge is 2.30. The van der Waals surface area contributed by atoms with Crippen molar-refractivity contribution in [3.05, 3.63) is 28.8 Å². The molecule has 1 heterocycles. The van der Waals surface area contributed by atoms with Crippen LogP contribution in [-0.4, -0.2) is 19.1 Å². The van der Waals surface area contributed by atoms with E-state index < -0.39 is 0 Å². The smallest absolute Gasteiger partial charge is 0.0476 e. The van der Waals surface area contributed by atoms with Gasteiger partial charge in [-0.3, -0.25) is 0 Å². The molecule has 3 heteroatoms. The van der Waals surface area contributed by atoms with Gasteiger partial charge in [0.15, 0.2) is 0 Å². The Labute approximate surface area is 89.7 Å². The van der Waals surface area contributed by atoms with Crippen LogP contribution in [0.4, 0.5) is 5.69 Å². The van der Waals surface area contributed by atoms with Crippen LogP contribution in [0.15, 0.2) is 18.2 Å². The number of benzene rings is 1. The first kappa shape index (κ1) is 9.81. The molecule has 76 valence electrons. The van der Waals surface area contributed by atoms with Crippen molar-refractivity contribution in [2.45, 2.75) is 25.4 Å². The fourth-order valence-corrected chi connectivity index (χ4v) is 2.39. The Hall–Kier alpha value is -0.730. The van der Waals surface area contributed by atoms with Crippen LogP contribution < -0.4 is 10.6 Å². The Morgan fingerprint density at radius 1 is 1.57 bits per heavy atom. The van der Waals surface area contributed by atoms with E-state index in [2.05, 4.69) is 18.0 Å². The Bertz CT molecular complexity index is 349. The predicted octanol–water partition coefficient (Wildman–Crippen LogP) is 2.05. The number of nitrogens with two attached hydrogens (primary N) is 1. The number of hydrogen-bond donors (Lipinski definition) is 1. The lowest BCUT2D eigenvalue weighted by Crippen LogP contribution is -2.42. The maximum atomic E-state index is 6.14. The van der Waals surface area contributed by atoms with Gasteiger partial charge in [-0.05, 0) is 31.0 Å². The van der Waals surface area contributed by atoms with E-state index in [1.807, 2.05) is 19.1 Å². The summed E-state index contributed by atoms with van der Waals surface area (Å²) in [6.45, 7) is 2.04. The van der Waals surface area contributed by atoms with Gasteiger partial charge in [-0.25, -0.2) is 0 Å². The highest BCUT2D eigenvalue weighted by molar-refractivity contribution is 6.31. The summed E-state index contributed by atoms with van der Waals surface area (Å²) in [5, 5.41) is 0.859. The average molecular weight is 211 g/mol. The highest BCUT2D eigenvalue weighted by atomic mass is 35.5. The van der Waals surface area contributed by atoms with Crippen molar-refractivity contribution in [3.8, 4) is 0 Å². The third kappa shape index (κ3) is 1.39. The molecule has 1 aliphatic rings. The lowest BCUT2D eigenvalue weighted by atomic mass is 10.1. The lowest BCUT2D eigenvalue weighted by molar-refractivity contribution is 0.556. The summed E-state index contributed by atoms with van der Waals surface area (Å²) in [6, 6.07) is 6.58. The molecule has 0 saturated carbocycles. The van der Waals surface area contributed by atoms with Crippen molar-refractivity contribution in [3.63, 3.8) is 0 Å². The zero-order chi connectivity index (χ0) is 10.3. The average Bonchev–Trinajstić information content (AvgIpc) is 2.46. The molecule has 1 aromatic rings. The van der Waals surface area contributed by atoms with Crippen molar-refractivity contribution < 1.29 is 0 Å². The van der Waals surface area contributed by atoms with Gasteiger partial charge in [-0.15, -0.1) is 0 Å². The quantitative estimate of drug-likeness (QED) is 0.769. The van der Waals surface area contributed by atoms with Gasteiger partial charge in [-0.2, -0.15) is 0 Å². The predicted molar refractivity (Wildman–Crippen MR) is 61.0 cm³/mol. The number of nitrogens with zero attached hydrogens (tertiary/aromatic N) is 1. The van der Waals surface area contributed by atoms with Crippen LogP contribution in [0.5, 0.6) is 0 Å². The topological polar surface area (TPSA) is 29.3 Å². The fraction of sp³-hybridized carbons (Fsp3) is 0.455. The van der Waals surface area contributed by atoms with Gasteiger partial charge < -0.3 is 10.6 Å². The minimum absolute atomic E-state index is 0.170. The van der Waals surface area contributed by atoms with Crippen LogP contribution in [0.3, 0.4) is 0 Å². The SMILES string of the molecule is CC(N)C1Cc2c(Cl)cccc2N1C. The van der Waals surface area contributed by atoms with E-state index >= 15 is 0 Å². The van der Waals surface area contributed by atoms with Gasteiger partial charge in [0.2, 0.25) is 0 Å². The molecule has 2 nitrogen and oxygen atoms in total. The second-order valence-corrected chi connectivity index (χ2v) is 4.39. The van der Waals surface area contributed by atoms with Crippen molar-refractivity contribution >= 4 is 17.3 Å². The lowest BCUT2D eigenvalue weighted by Gasteiger charge is -2.25. The monoisotopic (exact) mass is 210 g/mol. The highest BCUT2D eigenvalue weighted by Crippen LogP contribution is 2.36. The summed E-state index contributed by atoms with van der Waals surface area (Å²) >= 11 is 6.14. The van der Waals surface area contributed by atoms with Crippen LogP contribution in [0.1, 0.15) is 12.5 Å². The van der Waals surface area contributed by atoms with Crippen molar-refractivity contribution in [1.29, 1.82) is 0 Å². The molecule has 0 bridgehead atoms. The molecule has 2 N–H and O–H groups in total. The maximum Gasteiger partial charge on any atom is 0.0476 e. The molecule has 0 spiro atoms. The van der Waals surface area contributed by atoms with Crippen LogP contribution in [0, 0.1) is 0 Å². The molecule has 0 aromatic heterocycles. The Balaban J connectivity index is 2.40. The van der Waals surface area contributed by atoms with Gasteiger partial charge in [0.1, 0.15) is 0 Å². The molecule has 0 amide bonds. The Morgan fingerprint density at radius 2 is 2.29 bits per heavy atom. The molecule has 0 fully saturated rings. The van der Waals surface area contributed by atoms with Gasteiger partial charge in [0.05, 0.1) is 0 Å². The molecule has 0 radical (unpaired) electrons. The van der Waals surface area contributed by atoms with Crippen molar-refractivity contribution in [2.75, 3.05) is 11.9 Å². The molecule has 0 saturated heterocycles. The van der Waals surface area contributed by atoms with Crippen LogP contribution >= 0.6 is 11.6 Å².